The molecule has 0 fully saturated rings. The van der Waals surface area contributed by atoms with Crippen LogP contribution in [0.15, 0.2) is 17.1 Å². The lowest BCUT2D eigenvalue weighted by atomic mass is 10.1. The number of aliphatic imine (C=N–C) groups is 1. The van der Waals surface area contributed by atoms with Crippen molar-refractivity contribution in [3.8, 4) is 11.5 Å². The van der Waals surface area contributed by atoms with E-state index < -0.39 is 0 Å². The zero-order chi connectivity index (χ0) is 17.0. The van der Waals surface area contributed by atoms with Crippen LogP contribution in [0.4, 0.5) is 5.69 Å². The van der Waals surface area contributed by atoms with Gasteiger partial charge in [0, 0.05) is 31.8 Å². The van der Waals surface area contributed by atoms with Crippen molar-refractivity contribution in [3.05, 3.63) is 17.7 Å². The lowest BCUT2D eigenvalue weighted by Gasteiger charge is -2.38. The van der Waals surface area contributed by atoms with Crippen molar-refractivity contribution in [2.45, 2.75) is 32.9 Å². The van der Waals surface area contributed by atoms with Crippen LogP contribution in [0.2, 0.25) is 0 Å². The molecule has 1 atom stereocenters. The quantitative estimate of drug-likeness (QED) is 0.873. The van der Waals surface area contributed by atoms with Crippen molar-refractivity contribution in [3.63, 3.8) is 0 Å². The molecule has 6 heteroatoms. The first kappa shape index (κ1) is 17.4. The van der Waals surface area contributed by atoms with Gasteiger partial charge in [0.25, 0.3) is 0 Å². The second kappa shape index (κ2) is 7.55. The first-order valence-electron chi connectivity index (χ1n) is 8.15. The fourth-order valence-electron chi connectivity index (χ4n) is 2.88. The molecule has 0 saturated carbocycles. The van der Waals surface area contributed by atoms with E-state index >= 15 is 0 Å². The molecule has 0 aliphatic carbocycles. The summed E-state index contributed by atoms with van der Waals surface area (Å²) in [5.41, 5.74) is 8.24. The van der Waals surface area contributed by atoms with E-state index in [9.17, 15) is 0 Å². The molecule has 1 aromatic rings. The highest BCUT2D eigenvalue weighted by atomic mass is 16.5. The second-order valence-electron chi connectivity index (χ2n) is 5.72. The molecule has 1 aliphatic heterocycles. The number of hydrogen-bond donors (Lipinski definition) is 1. The van der Waals surface area contributed by atoms with Gasteiger partial charge in [-0.3, -0.25) is 0 Å². The van der Waals surface area contributed by atoms with Crippen molar-refractivity contribution < 1.29 is 9.47 Å². The second-order valence-corrected chi connectivity index (χ2v) is 5.72. The summed E-state index contributed by atoms with van der Waals surface area (Å²) in [7, 11) is 5.24. The Kier molecular flexibility index (Phi) is 5.71. The number of benzene rings is 1. The Hall–Kier alpha value is -1.95. The van der Waals surface area contributed by atoms with Crippen LogP contribution in [0.25, 0.3) is 0 Å². The monoisotopic (exact) mass is 320 g/mol. The molecule has 2 rings (SSSR count). The van der Waals surface area contributed by atoms with E-state index in [1.54, 1.807) is 14.2 Å². The van der Waals surface area contributed by atoms with Gasteiger partial charge < -0.3 is 25.0 Å². The van der Waals surface area contributed by atoms with E-state index in [0.717, 1.165) is 43.1 Å². The average molecular weight is 320 g/mol. The van der Waals surface area contributed by atoms with Gasteiger partial charge in [0.05, 0.1) is 19.9 Å². The maximum atomic E-state index is 6.45. The molecule has 1 heterocycles. The van der Waals surface area contributed by atoms with E-state index in [2.05, 4.69) is 18.7 Å². The van der Waals surface area contributed by atoms with Gasteiger partial charge in [0.15, 0.2) is 11.5 Å². The van der Waals surface area contributed by atoms with E-state index in [0.29, 0.717) is 11.5 Å². The molecule has 1 aliphatic rings. The molecule has 0 aromatic heterocycles. The van der Waals surface area contributed by atoms with Crippen molar-refractivity contribution in [1.29, 1.82) is 0 Å². The number of fused-ring (bicyclic) bond motifs is 1. The molecule has 6 nitrogen and oxygen atoms in total. The Bertz CT molecular complexity index is 568. The Balaban J connectivity index is 2.49. The Labute approximate surface area is 138 Å². The summed E-state index contributed by atoms with van der Waals surface area (Å²) in [5.74, 6) is 2.26. The van der Waals surface area contributed by atoms with Gasteiger partial charge in [-0.15, -0.1) is 0 Å². The van der Waals surface area contributed by atoms with E-state index in [-0.39, 0.29) is 6.17 Å². The third-order valence-corrected chi connectivity index (χ3v) is 4.07. The minimum Gasteiger partial charge on any atom is -0.493 e. The molecule has 0 amide bonds. The van der Waals surface area contributed by atoms with Gasteiger partial charge in [-0.2, -0.15) is 0 Å². The van der Waals surface area contributed by atoms with Crippen LogP contribution in [-0.4, -0.2) is 50.1 Å². The molecule has 2 N–H and O–H groups in total. The zero-order valence-electron chi connectivity index (χ0n) is 14.8. The summed E-state index contributed by atoms with van der Waals surface area (Å²) in [4.78, 5) is 9.17. The third kappa shape index (κ3) is 3.37. The van der Waals surface area contributed by atoms with Crippen molar-refractivity contribution in [2.75, 3.05) is 34.4 Å². The predicted molar refractivity (Wildman–Crippen MR) is 93.5 cm³/mol. The van der Waals surface area contributed by atoms with Crippen LogP contribution < -0.4 is 15.2 Å². The molecule has 0 bridgehead atoms. The third-order valence-electron chi connectivity index (χ3n) is 4.07. The number of hydrogen-bond acceptors (Lipinski definition) is 6. The van der Waals surface area contributed by atoms with Crippen molar-refractivity contribution in [2.24, 2.45) is 10.7 Å². The summed E-state index contributed by atoms with van der Waals surface area (Å²) in [6.45, 7) is 6.28. The summed E-state index contributed by atoms with van der Waals surface area (Å²) < 4.78 is 10.8. The molecule has 23 heavy (non-hydrogen) atoms. The molecule has 128 valence electrons. The van der Waals surface area contributed by atoms with Crippen LogP contribution in [0, 0.1) is 0 Å². The topological polar surface area (TPSA) is 63.3 Å². The van der Waals surface area contributed by atoms with Crippen LogP contribution in [0.1, 0.15) is 38.4 Å². The van der Waals surface area contributed by atoms with E-state index in [4.69, 9.17) is 20.2 Å². The number of nitrogens with two attached hydrogens (primary N) is 1. The molecular weight excluding hydrogens is 292 g/mol. The van der Waals surface area contributed by atoms with Gasteiger partial charge in [-0.1, -0.05) is 13.8 Å². The first-order valence-corrected chi connectivity index (χ1v) is 8.15. The molecule has 0 saturated heterocycles. The lowest BCUT2D eigenvalue weighted by Crippen LogP contribution is -2.48. The molecule has 1 aromatic carbocycles. The number of nitrogens with zero attached hydrogens (tertiary/aromatic N) is 3. The highest BCUT2D eigenvalue weighted by Crippen LogP contribution is 2.40. The van der Waals surface area contributed by atoms with Gasteiger partial charge in [-0.25, -0.2) is 4.99 Å². The summed E-state index contributed by atoms with van der Waals surface area (Å²) >= 11 is 0. The van der Waals surface area contributed by atoms with Gasteiger partial charge in [0.2, 0.25) is 5.96 Å². The molecule has 0 radical (unpaired) electrons. The smallest absolute Gasteiger partial charge is 0.203 e. The molecule has 0 spiro atoms. The number of guanidine groups is 1. The normalized spacial score (nSPS) is 16.7. The summed E-state index contributed by atoms with van der Waals surface area (Å²) in [6, 6.07) is 3.82. The Morgan fingerprint density at radius 3 is 2.22 bits per heavy atom. The van der Waals surface area contributed by atoms with E-state index in [1.807, 2.05) is 24.1 Å². The molecular formula is C17H28N4O2. The molecule has 1 unspecified atom stereocenters. The average Bonchev–Trinajstić information content (AvgIpc) is 2.56. The first-order chi connectivity index (χ1) is 11.1. The zero-order valence-corrected chi connectivity index (χ0v) is 14.8. The lowest BCUT2D eigenvalue weighted by molar-refractivity contribution is 0.292. The number of rotatable bonds is 6. The highest BCUT2D eigenvalue weighted by molar-refractivity contribution is 5.86. The van der Waals surface area contributed by atoms with Crippen LogP contribution in [0.5, 0.6) is 11.5 Å². The van der Waals surface area contributed by atoms with E-state index in [1.165, 1.54) is 0 Å². The van der Waals surface area contributed by atoms with Gasteiger partial charge in [-0.05, 0) is 18.9 Å². The Morgan fingerprint density at radius 2 is 1.70 bits per heavy atom. The van der Waals surface area contributed by atoms with Crippen LogP contribution >= 0.6 is 0 Å². The van der Waals surface area contributed by atoms with Crippen molar-refractivity contribution >= 4 is 11.6 Å². The number of methoxy groups -OCH3 is 2. The minimum atomic E-state index is -0.256. The van der Waals surface area contributed by atoms with Crippen LogP contribution in [-0.2, 0) is 0 Å². The predicted octanol–water partition coefficient (Wildman–Crippen LogP) is 2.72. The minimum absolute atomic E-state index is 0.256. The van der Waals surface area contributed by atoms with Gasteiger partial charge >= 0.3 is 0 Å². The van der Waals surface area contributed by atoms with Crippen molar-refractivity contribution in [1.82, 2.24) is 9.80 Å². The maximum Gasteiger partial charge on any atom is 0.203 e. The van der Waals surface area contributed by atoms with Gasteiger partial charge in [0.1, 0.15) is 6.17 Å². The fourth-order valence-corrected chi connectivity index (χ4v) is 2.88. The standard InChI is InChI=1S/C17H28N4O2/c1-6-8-21(9-7-2)17-19-13-11-15(23-5)14(22-4)10-12(13)16(18)20(17)3/h10-11,16H,6-9,18H2,1-5H3. The SMILES string of the molecule is CCCN(CCC)C1=Nc2cc(OC)c(OC)cc2C(N)N1C. The highest BCUT2D eigenvalue weighted by Gasteiger charge is 2.29. The maximum absolute atomic E-state index is 6.45. The summed E-state index contributed by atoms with van der Waals surface area (Å²) in [5, 5.41) is 0. The van der Waals surface area contributed by atoms with Crippen LogP contribution in [0.3, 0.4) is 0 Å². The Morgan fingerprint density at radius 1 is 1.13 bits per heavy atom. The number of ether oxygens (including phenoxy) is 2. The fraction of sp³-hybridized carbons (Fsp3) is 0.588. The largest absolute Gasteiger partial charge is 0.493 e. The summed E-state index contributed by atoms with van der Waals surface area (Å²) in [6.07, 6.45) is 1.88.